The van der Waals surface area contributed by atoms with Gasteiger partial charge in [0.2, 0.25) is 5.95 Å². The first-order chi connectivity index (χ1) is 15.2. The molecule has 1 aromatic carbocycles. The fraction of sp³-hybridized carbons (Fsp3) is 0.545. The maximum absolute atomic E-state index is 13.5. The van der Waals surface area contributed by atoms with Crippen LogP contribution in [0.4, 0.5) is 20.5 Å². The average molecular weight is 499 g/mol. The van der Waals surface area contributed by atoms with Crippen LogP contribution in [0.15, 0.2) is 12.1 Å². The Hall–Kier alpha value is -2.17. The smallest absolute Gasteiger partial charge is 0.432 e. The van der Waals surface area contributed by atoms with Crippen LogP contribution >= 0.6 is 11.6 Å². The fourth-order valence-corrected chi connectivity index (χ4v) is 5.34. The van der Waals surface area contributed by atoms with E-state index in [1.165, 1.54) is 6.07 Å². The molecule has 0 spiro atoms. The van der Waals surface area contributed by atoms with Gasteiger partial charge in [0.15, 0.2) is 19.8 Å². The van der Waals surface area contributed by atoms with Gasteiger partial charge in [-0.05, 0) is 49.5 Å². The molecule has 33 heavy (non-hydrogen) atoms. The highest BCUT2D eigenvalue weighted by molar-refractivity contribution is 6.72. The molecule has 0 fully saturated rings. The second kappa shape index (κ2) is 7.95. The lowest BCUT2D eigenvalue weighted by molar-refractivity contribution is -0.286. The van der Waals surface area contributed by atoms with Gasteiger partial charge in [0.25, 0.3) is 0 Å². The molecule has 0 bridgehead atoms. The third-order valence-electron chi connectivity index (χ3n) is 7.11. The SMILES string of the molecule is Cc1c(CN2CC(CCC(C)(C)[Si](C)(C)O)c3c(Cl)nc(N)nc32)ccc2c1OC(F)(F)O2. The summed E-state index contributed by atoms with van der Waals surface area (Å²) in [5.74, 6) is 0.857. The first-order valence-corrected chi connectivity index (χ1v) is 14.2. The number of nitrogens with zero attached hydrogens (tertiary/aromatic N) is 3. The van der Waals surface area contributed by atoms with Crippen LogP contribution in [0.2, 0.25) is 23.3 Å². The highest BCUT2D eigenvalue weighted by Gasteiger charge is 2.45. The van der Waals surface area contributed by atoms with E-state index in [1.807, 2.05) is 18.0 Å². The summed E-state index contributed by atoms with van der Waals surface area (Å²) in [6.45, 7) is 10.9. The third-order valence-corrected chi connectivity index (χ3v) is 11.0. The predicted octanol–water partition coefficient (Wildman–Crippen LogP) is 5.20. The summed E-state index contributed by atoms with van der Waals surface area (Å²) in [6, 6.07) is 3.24. The van der Waals surface area contributed by atoms with Gasteiger partial charge in [-0.1, -0.05) is 31.5 Å². The van der Waals surface area contributed by atoms with Crippen molar-refractivity contribution in [3.8, 4) is 11.5 Å². The van der Waals surface area contributed by atoms with Crippen molar-refractivity contribution in [2.45, 2.75) is 70.5 Å². The number of hydrogen-bond donors (Lipinski definition) is 2. The first-order valence-electron chi connectivity index (χ1n) is 10.9. The normalized spacial score (nSPS) is 19.2. The van der Waals surface area contributed by atoms with Gasteiger partial charge in [-0.25, -0.2) is 4.98 Å². The van der Waals surface area contributed by atoms with E-state index in [0.717, 1.165) is 24.0 Å². The van der Waals surface area contributed by atoms with Gasteiger partial charge in [-0.15, -0.1) is 8.78 Å². The average Bonchev–Trinajstić information content (AvgIpc) is 3.18. The Balaban J connectivity index is 1.61. The molecule has 2 aliphatic rings. The monoisotopic (exact) mass is 498 g/mol. The largest absolute Gasteiger partial charge is 0.586 e. The van der Waals surface area contributed by atoms with E-state index in [4.69, 9.17) is 22.1 Å². The molecule has 3 heterocycles. The van der Waals surface area contributed by atoms with Gasteiger partial charge in [0, 0.05) is 30.1 Å². The molecule has 11 heteroatoms. The number of anilines is 2. The van der Waals surface area contributed by atoms with E-state index < -0.39 is 14.6 Å². The van der Waals surface area contributed by atoms with Crippen molar-refractivity contribution in [2.24, 2.45) is 0 Å². The van der Waals surface area contributed by atoms with E-state index in [9.17, 15) is 13.6 Å². The van der Waals surface area contributed by atoms with Gasteiger partial charge in [-0.2, -0.15) is 4.98 Å². The van der Waals surface area contributed by atoms with Crippen LogP contribution in [-0.4, -0.2) is 35.9 Å². The fourth-order valence-electron chi connectivity index (χ4n) is 4.26. The van der Waals surface area contributed by atoms with Crippen molar-refractivity contribution in [1.82, 2.24) is 9.97 Å². The molecule has 0 saturated heterocycles. The van der Waals surface area contributed by atoms with Crippen LogP contribution in [-0.2, 0) is 6.54 Å². The van der Waals surface area contributed by atoms with E-state index in [1.54, 1.807) is 13.0 Å². The number of rotatable bonds is 6. The molecule has 2 aromatic rings. The molecule has 1 unspecified atom stereocenters. The zero-order valence-corrected chi connectivity index (χ0v) is 21.1. The van der Waals surface area contributed by atoms with E-state index in [-0.39, 0.29) is 28.4 Å². The quantitative estimate of drug-likeness (QED) is 0.417. The zero-order chi connectivity index (χ0) is 24.3. The number of nitrogen functional groups attached to an aromatic ring is 1. The standard InChI is InChI=1S/C22H29ClF2N4O3Si/c1-12-13(6-7-15-17(12)32-22(24,25)31-15)10-29-11-14(8-9-21(2,3)33(4,5)30)16-18(23)27-20(26)28-19(16)29/h6-7,14,30H,8-11H2,1-5H3,(H2,26,27,28). The molecular formula is C22H29ClF2N4O3Si. The minimum Gasteiger partial charge on any atom is -0.432 e. The zero-order valence-electron chi connectivity index (χ0n) is 19.4. The maximum Gasteiger partial charge on any atom is 0.586 e. The van der Waals surface area contributed by atoms with Crippen molar-refractivity contribution in [1.29, 1.82) is 0 Å². The maximum atomic E-state index is 13.5. The Morgan fingerprint density at radius 3 is 2.67 bits per heavy atom. The second-order valence-corrected chi connectivity index (χ2v) is 14.8. The molecule has 2 aliphatic heterocycles. The Labute approximate surface area is 198 Å². The minimum absolute atomic E-state index is 0.0218. The van der Waals surface area contributed by atoms with E-state index in [0.29, 0.717) is 29.6 Å². The molecule has 180 valence electrons. The lowest BCUT2D eigenvalue weighted by Crippen LogP contribution is -2.39. The number of aromatic nitrogens is 2. The second-order valence-electron chi connectivity index (χ2n) is 10.0. The number of alkyl halides is 2. The number of ether oxygens (including phenoxy) is 2. The van der Waals surface area contributed by atoms with Crippen LogP contribution in [0.5, 0.6) is 11.5 Å². The summed E-state index contributed by atoms with van der Waals surface area (Å²) in [7, 11) is -2.36. The Morgan fingerprint density at radius 1 is 1.30 bits per heavy atom. The molecular weight excluding hydrogens is 470 g/mol. The number of benzene rings is 1. The Kier molecular flexibility index (Phi) is 5.78. The summed E-state index contributed by atoms with van der Waals surface area (Å²) < 4.78 is 36.3. The molecule has 7 nitrogen and oxygen atoms in total. The molecule has 0 saturated carbocycles. The third kappa shape index (κ3) is 4.48. The van der Waals surface area contributed by atoms with Gasteiger partial charge in [0.1, 0.15) is 11.0 Å². The van der Waals surface area contributed by atoms with Gasteiger partial charge >= 0.3 is 6.29 Å². The Bertz CT molecular complexity index is 1090. The molecule has 0 aliphatic carbocycles. The predicted molar refractivity (Wildman–Crippen MR) is 126 cm³/mol. The minimum atomic E-state index is -3.66. The topological polar surface area (TPSA) is 93.7 Å². The number of halogens is 3. The van der Waals surface area contributed by atoms with Gasteiger partial charge < -0.3 is 24.9 Å². The first kappa shape index (κ1) is 24.0. The van der Waals surface area contributed by atoms with Crippen molar-refractivity contribution >= 4 is 31.7 Å². The van der Waals surface area contributed by atoms with Crippen LogP contribution in [0.3, 0.4) is 0 Å². The lowest BCUT2D eigenvalue weighted by Gasteiger charge is -2.35. The van der Waals surface area contributed by atoms with Crippen molar-refractivity contribution in [2.75, 3.05) is 17.2 Å². The van der Waals surface area contributed by atoms with Crippen LogP contribution in [0, 0.1) is 6.92 Å². The van der Waals surface area contributed by atoms with E-state index >= 15 is 0 Å². The molecule has 4 rings (SSSR count). The lowest BCUT2D eigenvalue weighted by atomic mass is 9.94. The summed E-state index contributed by atoms with van der Waals surface area (Å²) in [4.78, 5) is 21.3. The molecule has 3 N–H and O–H groups in total. The molecule has 0 amide bonds. The van der Waals surface area contributed by atoms with Crippen LogP contribution < -0.4 is 20.1 Å². The number of fused-ring (bicyclic) bond motifs is 2. The number of hydrogen-bond acceptors (Lipinski definition) is 7. The van der Waals surface area contributed by atoms with Crippen LogP contribution in [0.1, 0.15) is 49.3 Å². The van der Waals surface area contributed by atoms with Crippen molar-refractivity contribution in [3.63, 3.8) is 0 Å². The Morgan fingerprint density at radius 2 is 2.00 bits per heavy atom. The summed E-state index contributed by atoms with van der Waals surface area (Å²) in [5, 5.41) is 0.145. The molecule has 1 atom stereocenters. The molecule has 0 radical (unpaired) electrons. The van der Waals surface area contributed by atoms with E-state index in [2.05, 4.69) is 28.6 Å². The molecule has 1 aromatic heterocycles. The van der Waals surface area contributed by atoms with Gasteiger partial charge in [-0.3, -0.25) is 0 Å². The number of nitrogens with two attached hydrogens (primary N) is 1. The summed E-state index contributed by atoms with van der Waals surface area (Å²) in [5.41, 5.74) is 8.11. The summed E-state index contributed by atoms with van der Waals surface area (Å²) in [6.07, 6.45) is -2.05. The van der Waals surface area contributed by atoms with Crippen LogP contribution in [0.25, 0.3) is 0 Å². The van der Waals surface area contributed by atoms with Gasteiger partial charge in [0.05, 0.1) is 0 Å². The van der Waals surface area contributed by atoms with Crippen molar-refractivity contribution in [3.05, 3.63) is 34.0 Å². The summed E-state index contributed by atoms with van der Waals surface area (Å²) >= 11 is 6.50. The highest BCUT2D eigenvalue weighted by Crippen LogP contribution is 2.48. The van der Waals surface area contributed by atoms with Crippen molar-refractivity contribution < 1.29 is 23.1 Å². The highest BCUT2D eigenvalue weighted by atomic mass is 35.5.